The second-order valence-electron chi connectivity index (χ2n) is 11.6. The molecule has 4 aromatic rings. The van der Waals surface area contributed by atoms with Gasteiger partial charge >= 0.3 is 6.18 Å². The second kappa shape index (κ2) is 12.3. The van der Waals surface area contributed by atoms with Crippen molar-refractivity contribution in [3.05, 3.63) is 91.3 Å². The topological polar surface area (TPSA) is 133 Å². The maximum atomic E-state index is 14.2. The summed E-state index contributed by atoms with van der Waals surface area (Å²) >= 11 is 12.3. The highest BCUT2D eigenvalue weighted by atomic mass is 35.5. The first kappa shape index (κ1) is 32.2. The smallest absolute Gasteiger partial charge is 0.377 e. The molecule has 2 amide bonds. The molecular weight excluding hydrogens is 678 g/mol. The molecule has 6 heterocycles. The SMILES string of the molecule is O=C(Cn1c2c(c(=O)n3nc(C4=CCOCC4)nc13)C1(CCN(C(=O)c3ncccc3Cl)CC1)OC2)Nc1ccc(C(F)(F)F)cc1Cl. The molecule has 0 radical (unpaired) electrons. The summed E-state index contributed by atoms with van der Waals surface area (Å²) in [5.74, 6) is -0.576. The van der Waals surface area contributed by atoms with Crippen molar-refractivity contribution < 1.29 is 32.2 Å². The zero-order chi connectivity index (χ0) is 33.8. The van der Waals surface area contributed by atoms with Crippen LogP contribution in [0.2, 0.25) is 10.0 Å². The van der Waals surface area contributed by atoms with Gasteiger partial charge in [-0.2, -0.15) is 22.7 Å². The van der Waals surface area contributed by atoms with Gasteiger partial charge in [0, 0.05) is 19.3 Å². The number of hydrogen-bond donors (Lipinski definition) is 1. The van der Waals surface area contributed by atoms with Gasteiger partial charge in [0.2, 0.25) is 11.7 Å². The summed E-state index contributed by atoms with van der Waals surface area (Å²) in [7, 11) is 0. The number of benzene rings is 1. The molecule has 0 atom stereocenters. The third kappa shape index (κ3) is 5.74. The van der Waals surface area contributed by atoms with Gasteiger partial charge in [-0.25, -0.2) is 4.98 Å². The van der Waals surface area contributed by atoms with E-state index in [0.29, 0.717) is 36.7 Å². The first-order valence-electron chi connectivity index (χ1n) is 15.0. The number of likely N-dealkylation sites (tertiary alicyclic amines) is 1. The van der Waals surface area contributed by atoms with E-state index in [1.165, 1.54) is 10.8 Å². The Morgan fingerprint density at radius 3 is 2.58 bits per heavy atom. The van der Waals surface area contributed by atoms with E-state index < -0.39 is 28.8 Å². The molecule has 3 aliphatic heterocycles. The van der Waals surface area contributed by atoms with E-state index in [4.69, 9.17) is 32.7 Å². The van der Waals surface area contributed by atoms with Crippen LogP contribution in [0.1, 0.15) is 52.4 Å². The quantitative estimate of drug-likeness (QED) is 0.316. The lowest BCUT2D eigenvalue weighted by Gasteiger charge is -2.38. The van der Waals surface area contributed by atoms with E-state index in [1.807, 2.05) is 6.08 Å². The van der Waals surface area contributed by atoms with Crippen molar-refractivity contribution in [3.8, 4) is 0 Å². The minimum atomic E-state index is -4.61. The van der Waals surface area contributed by atoms with Crippen LogP contribution in [0.4, 0.5) is 18.9 Å². The second-order valence-corrected chi connectivity index (χ2v) is 12.4. The van der Waals surface area contributed by atoms with Crippen molar-refractivity contribution in [1.82, 2.24) is 29.0 Å². The van der Waals surface area contributed by atoms with E-state index in [2.05, 4.69) is 20.4 Å². The number of nitrogens with zero attached hydrogens (tertiary/aromatic N) is 6. The molecule has 1 N–H and O–H groups in total. The van der Waals surface area contributed by atoms with Crippen molar-refractivity contribution in [2.75, 3.05) is 31.6 Å². The van der Waals surface area contributed by atoms with Crippen LogP contribution in [0, 0.1) is 0 Å². The van der Waals surface area contributed by atoms with Gasteiger partial charge < -0.3 is 24.3 Å². The van der Waals surface area contributed by atoms with Gasteiger partial charge in [0.05, 0.1) is 52.4 Å². The summed E-state index contributed by atoms with van der Waals surface area (Å²) in [6.07, 6.45) is -0.230. The number of anilines is 1. The molecular formula is C31H26Cl2F3N7O5. The van der Waals surface area contributed by atoms with Gasteiger partial charge in [0.25, 0.3) is 11.5 Å². The van der Waals surface area contributed by atoms with Crippen LogP contribution in [0.5, 0.6) is 0 Å². The molecule has 0 saturated carbocycles. The first-order chi connectivity index (χ1) is 22.9. The van der Waals surface area contributed by atoms with E-state index in [0.717, 1.165) is 28.3 Å². The predicted octanol–water partition coefficient (Wildman–Crippen LogP) is 4.72. The Bertz CT molecular complexity index is 2050. The lowest BCUT2D eigenvalue weighted by Crippen LogP contribution is -2.47. The molecule has 17 heteroatoms. The van der Waals surface area contributed by atoms with Crippen LogP contribution < -0.4 is 10.9 Å². The number of carbonyl (C=O) groups excluding carboxylic acids is 2. The van der Waals surface area contributed by atoms with Crippen LogP contribution in [-0.4, -0.2) is 67.2 Å². The third-order valence-electron chi connectivity index (χ3n) is 8.74. The normalized spacial score (nSPS) is 17.4. The number of alkyl halides is 3. The molecule has 1 fully saturated rings. The molecule has 3 aromatic heterocycles. The molecule has 0 aliphatic carbocycles. The molecule has 48 heavy (non-hydrogen) atoms. The molecule has 12 nitrogen and oxygen atoms in total. The van der Waals surface area contributed by atoms with Gasteiger partial charge in [0.15, 0.2) is 5.82 Å². The number of rotatable bonds is 5. The van der Waals surface area contributed by atoms with Crippen molar-refractivity contribution >= 4 is 52.1 Å². The van der Waals surface area contributed by atoms with Crippen LogP contribution in [0.15, 0.2) is 47.4 Å². The monoisotopic (exact) mass is 703 g/mol. The number of ether oxygens (including phenoxy) is 2. The fourth-order valence-corrected chi connectivity index (χ4v) is 6.73. The lowest BCUT2D eigenvalue weighted by atomic mass is 9.85. The van der Waals surface area contributed by atoms with Crippen molar-refractivity contribution in [2.24, 2.45) is 0 Å². The number of fused-ring (bicyclic) bond motifs is 3. The number of pyridine rings is 1. The van der Waals surface area contributed by atoms with E-state index in [-0.39, 0.29) is 72.2 Å². The molecule has 7 rings (SSSR count). The number of carbonyl (C=O) groups is 2. The van der Waals surface area contributed by atoms with Gasteiger partial charge in [-0.1, -0.05) is 29.3 Å². The molecule has 250 valence electrons. The van der Waals surface area contributed by atoms with E-state index in [1.54, 1.807) is 17.0 Å². The average molecular weight is 704 g/mol. The highest BCUT2D eigenvalue weighted by molar-refractivity contribution is 6.34. The summed E-state index contributed by atoms with van der Waals surface area (Å²) in [5, 5.41) is 7.03. The fraction of sp³-hybridized carbons (Fsp3) is 0.355. The minimum Gasteiger partial charge on any atom is -0.377 e. The number of hydrogen-bond acceptors (Lipinski definition) is 8. The van der Waals surface area contributed by atoms with Gasteiger partial charge in [-0.3, -0.25) is 14.4 Å². The van der Waals surface area contributed by atoms with Crippen molar-refractivity contribution in [2.45, 2.75) is 44.2 Å². The Hall–Kier alpha value is -4.31. The number of aromatic nitrogens is 5. The number of halogens is 5. The Balaban J connectivity index is 1.24. The molecule has 0 bridgehead atoms. The number of nitrogens with one attached hydrogen (secondary N) is 1. The van der Waals surface area contributed by atoms with Gasteiger partial charge in [-0.15, -0.1) is 5.10 Å². The Kier molecular flexibility index (Phi) is 8.26. The Morgan fingerprint density at radius 2 is 1.90 bits per heavy atom. The minimum absolute atomic E-state index is 0.0179. The molecule has 1 spiro atoms. The van der Waals surface area contributed by atoms with Gasteiger partial charge in [-0.05, 0) is 55.2 Å². The largest absolute Gasteiger partial charge is 0.416 e. The summed E-state index contributed by atoms with van der Waals surface area (Å²) in [6, 6.07) is 5.84. The zero-order valence-electron chi connectivity index (χ0n) is 25.0. The predicted molar refractivity (Wildman–Crippen MR) is 167 cm³/mol. The average Bonchev–Trinajstić information content (AvgIpc) is 3.68. The van der Waals surface area contributed by atoms with Crippen LogP contribution in [-0.2, 0) is 39.2 Å². The molecule has 3 aliphatic rings. The number of amides is 2. The first-order valence-corrected chi connectivity index (χ1v) is 15.7. The third-order valence-corrected chi connectivity index (χ3v) is 9.35. The van der Waals surface area contributed by atoms with Crippen LogP contribution >= 0.6 is 23.2 Å². The van der Waals surface area contributed by atoms with Gasteiger partial charge in [0.1, 0.15) is 17.8 Å². The summed E-state index contributed by atoms with van der Waals surface area (Å²) in [4.78, 5) is 51.2. The van der Waals surface area contributed by atoms with Crippen molar-refractivity contribution in [3.63, 3.8) is 0 Å². The Morgan fingerprint density at radius 1 is 1.10 bits per heavy atom. The summed E-state index contributed by atoms with van der Waals surface area (Å²) < 4.78 is 53.9. The lowest BCUT2D eigenvalue weighted by molar-refractivity contribution is -0.137. The maximum Gasteiger partial charge on any atom is 0.416 e. The van der Waals surface area contributed by atoms with E-state index >= 15 is 0 Å². The molecule has 0 unspecified atom stereocenters. The van der Waals surface area contributed by atoms with Crippen molar-refractivity contribution in [1.29, 1.82) is 0 Å². The molecule has 1 saturated heterocycles. The van der Waals surface area contributed by atoms with Crippen LogP contribution in [0.3, 0.4) is 0 Å². The number of piperidine rings is 1. The maximum absolute atomic E-state index is 14.2. The highest BCUT2D eigenvalue weighted by Crippen LogP contribution is 2.43. The summed E-state index contributed by atoms with van der Waals surface area (Å²) in [5.41, 5.74) is -0.891. The van der Waals surface area contributed by atoms with E-state index in [9.17, 15) is 27.6 Å². The highest BCUT2D eigenvalue weighted by Gasteiger charge is 2.48. The van der Waals surface area contributed by atoms with Crippen LogP contribution in [0.25, 0.3) is 11.4 Å². The standard InChI is InChI=1S/C31H26Cl2F3N7O5/c32-19-2-1-9-37-25(19)28(46)41-10-7-30(8-11-41)24-22(16-48-30)42(15-23(44)38-21-4-3-18(14-20(21)33)31(34,35)36)29-39-26(40-43(29)27(24)45)17-5-12-47-13-6-17/h1-5,9,14H,6-8,10-13,15-16H2,(H,38,44). The fourth-order valence-electron chi connectivity index (χ4n) is 6.30. The Labute approximate surface area is 280 Å². The molecule has 1 aromatic carbocycles. The summed E-state index contributed by atoms with van der Waals surface area (Å²) in [6.45, 7) is 0.877. The zero-order valence-corrected chi connectivity index (χ0v) is 26.5.